The first-order valence-electron chi connectivity index (χ1n) is 7.20. The summed E-state index contributed by atoms with van der Waals surface area (Å²) in [5.41, 5.74) is 6.97. The number of amides is 1. The van der Waals surface area contributed by atoms with Crippen molar-refractivity contribution in [2.45, 2.75) is 12.5 Å². The zero-order valence-corrected chi connectivity index (χ0v) is 12.5. The molecule has 0 aliphatic carbocycles. The van der Waals surface area contributed by atoms with Crippen LogP contribution in [0.1, 0.15) is 6.42 Å². The molecule has 0 spiro atoms. The maximum absolute atomic E-state index is 12.1. The lowest BCUT2D eigenvalue weighted by Gasteiger charge is -2.37. The second kappa shape index (κ2) is 7.13. The summed E-state index contributed by atoms with van der Waals surface area (Å²) in [4.78, 5) is 16.2. The number of carbonyl (C=O) groups excluding carboxylic acids is 1. The van der Waals surface area contributed by atoms with Gasteiger partial charge in [-0.1, -0.05) is 12.1 Å². The highest BCUT2D eigenvalue weighted by Crippen LogP contribution is 2.22. The van der Waals surface area contributed by atoms with Gasteiger partial charge in [-0.15, -0.1) is 6.58 Å². The van der Waals surface area contributed by atoms with Crippen molar-refractivity contribution in [1.29, 1.82) is 0 Å². The Morgan fingerprint density at radius 2 is 2.14 bits per heavy atom. The van der Waals surface area contributed by atoms with Gasteiger partial charge < -0.3 is 20.3 Å². The summed E-state index contributed by atoms with van der Waals surface area (Å²) in [6.07, 6.45) is 2.21. The van der Waals surface area contributed by atoms with Crippen LogP contribution in [0.4, 0.5) is 5.69 Å². The van der Waals surface area contributed by atoms with E-state index in [1.54, 1.807) is 13.2 Å². The zero-order valence-electron chi connectivity index (χ0n) is 12.5. The smallest absolute Gasteiger partial charge is 0.239 e. The fourth-order valence-electron chi connectivity index (χ4n) is 2.51. The lowest BCUT2D eigenvalue weighted by Crippen LogP contribution is -2.53. The Hall–Kier alpha value is -2.01. The van der Waals surface area contributed by atoms with Gasteiger partial charge in [-0.3, -0.25) is 4.79 Å². The molecule has 5 heteroatoms. The van der Waals surface area contributed by atoms with Crippen LogP contribution in [0.2, 0.25) is 0 Å². The molecule has 1 aliphatic heterocycles. The summed E-state index contributed by atoms with van der Waals surface area (Å²) in [5.74, 6) is 0.860. The summed E-state index contributed by atoms with van der Waals surface area (Å²) in [7, 11) is 1.66. The molecule has 114 valence electrons. The molecule has 0 aromatic heterocycles. The average Bonchev–Trinajstić information content (AvgIpc) is 2.54. The second-order valence-corrected chi connectivity index (χ2v) is 5.14. The normalized spacial score (nSPS) is 16.5. The number of carbonyl (C=O) groups is 1. The Kier molecular flexibility index (Phi) is 5.22. The van der Waals surface area contributed by atoms with Gasteiger partial charge >= 0.3 is 0 Å². The number of methoxy groups -OCH3 is 1. The Morgan fingerprint density at radius 3 is 2.76 bits per heavy atom. The third-order valence-corrected chi connectivity index (χ3v) is 3.75. The predicted molar refractivity (Wildman–Crippen MR) is 84.6 cm³/mol. The van der Waals surface area contributed by atoms with Gasteiger partial charge in [0.2, 0.25) is 5.91 Å². The highest BCUT2D eigenvalue weighted by Gasteiger charge is 2.24. The summed E-state index contributed by atoms with van der Waals surface area (Å²) in [6.45, 7) is 6.63. The molecule has 1 aromatic carbocycles. The minimum absolute atomic E-state index is 0.0141. The van der Waals surface area contributed by atoms with Gasteiger partial charge in [0.15, 0.2) is 0 Å². The van der Waals surface area contributed by atoms with Crippen molar-refractivity contribution in [3.8, 4) is 5.75 Å². The number of hydrogen-bond acceptors (Lipinski definition) is 4. The van der Waals surface area contributed by atoms with E-state index < -0.39 is 6.04 Å². The van der Waals surface area contributed by atoms with Gasteiger partial charge in [-0.25, -0.2) is 0 Å². The van der Waals surface area contributed by atoms with Gasteiger partial charge in [-0.2, -0.15) is 0 Å². The number of hydrogen-bond donors (Lipinski definition) is 1. The molecule has 1 atom stereocenters. The van der Waals surface area contributed by atoms with Gasteiger partial charge in [0.05, 0.1) is 13.2 Å². The maximum Gasteiger partial charge on any atom is 0.239 e. The SMILES string of the molecule is C=CCC(N)C(=O)N1CCN(c2cccc(OC)c2)CC1. The van der Waals surface area contributed by atoms with Crippen molar-refractivity contribution in [2.24, 2.45) is 5.73 Å². The highest BCUT2D eigenvalue weighted by atomic mass is 16.5. The van der Waals surface area contributed by atoms with Crippen LogP contribution in [0.3, 0.4) is 0 Å². The summed E-state index contributed by atoms with van der Waals surface area (Å²) >= 11 is 0. The third kappa shape index (κ3) is 3.76. The number of anilines is 1. The van der Waals surface area contributed by atoms with Crippen molar-refractivity contribution >= 4 is 11.6 Å². The topological polar surface area (TPSA) is 58.8 Å². The van der Waals surface area contributed by atoms with Crippen LogP contribution in [-0.2, 0) is 4.79 Å². The molecule has 21 heavy (non-hydrogen) atoms. The van der Waals surface area contributed by atoms with Crippen LogP contribution in [0, 0.1) is 0 Å². The first-order valence-corrected chi connectivity index (χ1v) is 7.20. The third-order valence-electron chi connectivity index (χ3n) is 3.75. The van der Waals surface area contributed by atoms with E-state index in [1.165, 1.54) is 0 Å². The average molecular weight is 289 g/mol. The van der Waals surface area contributed by atoms with E-state index in [4.69, 9.17) is 10.5 Å². The van der Waals surface area contributed by atoms with Crippen molar-refractivity contribution in [3.05, 3.63) is 36.9 Å². The van der Waals surface area contributed by atoms with Crippen molar-refractivity contribution < 1.29 is 9.53 Å². The molecule has 1 aromatic rings. The van der Waals surface area contributed by atoms with Gasteiger partial charge in [-0.05, 0) is 18.6 Å². The number of nitrogens with two attached hydrogens (primary N) is 1. The van der Waals surface area contributed by atoms with Crippen LogP contribution in [-0.4, -0.2) is 50.1 Å². The largest absolute Gasteiger partial charge is 0.497 e. The monoisotopic (exact) mass is 289 g/mol. The van der Waals surface area contributed by atoms with E-state index in [9.17, 15) is 4.79 Å². The van der Waals surface area contributed by atoms with Crippen molar-refractivity contribution in [2.75, 3.05) is 38.2 Å². The number of rotatable bonds is 5. The molecule has 0 bridgehead atoms. The quantitative estimate of drug-likeness (QED) is 0.829. The maximum atomic E-state index is 12.1. The summed E-state index contributed by atoms with van der Waals surface area (Å²) in [5, 5.41) is 0. The van der Waals surface area contributed by atoms with E-state index in [0.29, 0.717) is 19.5 Å². The fraction of sp³-hybridized carbons (Fsp3) is 0.438. The lowest BCUT2D eigenvalue weighted by atomic mass is 10.1. The Bertz CT molecular complexity index is 496. The number of ether oxygens (including phenoxy) is 1. The predicted octanol–water partition coefficient (Wildman–Crippen LogP) is 1.25. The molecule has 1 amide bonds. The van der Waals surface area contributed by atoms with Crippen LogP contribution in [0.25, 0.3) is 0 Å². The van der Waals surface area contributed by atoms with Gasteiger partial charge in [0.1, 0.15) is 5.75 Å². The van der Waals surface area contributed by atoms with Gasteiger partial charge in [0, 0.05) is 37.9 Å². The number of benzene rings is 1. The minimum Gasteiger partial charge on any atom is -0.497 e. The molecule has 1 aliphatic rings. The standard InChI is InChI=1S/C16H23N3O2/c1-3-5-15(17)16(20)19-10-8-18(9-11-19)13-6-4-7-14(12-13)21-2/h3-4,6-7,12,15H,1,5,8-11,17H2,2H3. The molecule has 1 heterocycles. The van der Waals surface area contributed by atoms with E-state index >= 15 is 0 Å². The molecular formula is C16H23N3O2. The van der Waals surface area contributed by atoms with Crippen molar-refractivity contribution in [3.63, 3.8) is 0 Å². The van der Waals surface area contributed by atoms with Crippen LogP contribution in [0.15, 0.2) is 36.9 Å². The van der Waals surface area contributed by atoms with Crippen LogP contribution >= 0.6 is 0 Å². The van der Waals surface area contributed by atoms with Gasteiger partial charge in [0.25, 0.3) is 0 Å². The van der Waals surface area contributed by atoms with E-state index in [2.05, 4.69) is 17.5 Å². The first kappa shape index (κ1) is 15.4. The number of nitrogens with zero attached hydrogens (tertiary/aromatic N) is 2. The fourth-order valence-corrected chi connectivity index (χ4v) is 2.51. The van der Waals surface area contributed by atoms with Crippen LogP contribution in [0.5, 0.6) is 5.75 Å². The molecular weight excluding hydrogens is 266 g/mol. The van der Waals surface area contributed by atoms with Crippen LogP contribution < -0.4 is 15.4 Å². The second-order valence-electron chi connectivity index (χ2n) is 5.14. The molecule has 1 fully saturated rings. The number of piperazine rings is 1. The van der Waals surface area contributed by atoms with E-state index in [1.807, 2.05) is 23.1 Å². The highest BCUT2D eigenvalue weighted by molar-refractivity contribution is 5.82. The Balaban J connectivity index is 1.93. The molecule has 0 radical (unpaired) electrons. The molecule has 2 N–H and O–H groups in total. The summed E-state index contributed by atoms with van der Waals surface area (Å²) in [6, 6.07) is 7.51. The Labute approximate surface area is 126 Å². The zero-order chi connectivity index (χ0) is 15.2. The van der Waals surface area contributed by atoms with E-state index in [-0.39, 0.29) is 5.91 Å². The molecule has 5 nitrogen and oxygen atoms in total. The van der Waals surface area contributed by atoms with E-state index in [0.717, 1.165) is 24.5 Å². The molecule has 1 unspecified atom stereocenters. The summed E-state index contributed by atoms with van der Waals surface area (Å²) < 4.78 is 5.25. The van der Waals surface area contributed by atoms with Crippen molar-refractivity contribution in [1.82, 2.24) is 4.90 Å². The molecule has 1 saturated heterocycles. The molecule has 2 rings (SSSR count). The Morgan fingerprint density at radius 1 is 1.43 bits per heavy atom. The minimum atomic E-state index is -0.467. The first-order chi connectivity index (χ1) is 10.2. The lowest BCUT2D eigenvalue weighted by molar-refractivity contribution is -0.132. The molecule has 0 saturated carbocycles.